The Bertz CT molecular complexity index is 698. The van der Waals surface area contributed by atoms with E-state index in [2.05, 4.69) is 25.8 Å². The molecule has 1 atom stereocenters. The van der Waals surface area contributed by atoms with Gasteiger partial charge in [-0.15, -0.1) is 24.0 Å². The van der Waals surface area contributed by atoms with Crippen molar-refractivity contribution < 1.29 is 9.63 Å². The van der Waals surface area contributed by atoms with Crippen molar-refractivity contribution >= 4 is 29.9 Å². The highest BCUT2D eigenvalue weighted by Gasteiger charge is 2.21. The van der Waals surface area contributed by atoms with Gasteiger partial charge in [0.1, 0.15) is 6.54 Å². The molecule has 1 heterocycles. The van der Waals surface area contributed by atoms with Gasteiger partial charge in [-0.3, -0.25) is 0 Å². The van der Waals surface area contributed by atoms with E-state index in [1.54, 1.807) is 0 Å². The fraction of sp³-hybridized carbons (Fsp3) is 0.526. The zero-order chi connectivity index (χ0) is 19.0. The summed E-state index contributed by atoms with van der Waals surface area (Å²) in [6, 6.07) is 9.94. The summed E-state index contributed by atoms with van der Waals surface area (Å²) in [5.74, 6) is 1.81. The number of aliphatic hydroxyl groups excluding tert-OH is 1. The highest BCUT2D eigenvalue weighted by Crippen LogP contribution is 2.19. The van der Waals surface area contributed by atoms with Gasteiger partial charge in [-0.2, -0.15) is 4.98 Å². The van der Waals surface area contributed by atoms with Gasteiger partial charge in [-0.25, -0.2) is 4.99 Å². The van der Waals surface area contributed by atoms with Gasteiger partial charge < -0.3 is 20.3 Å². The van der Waals surface area contributed by atoms with Gasteiger partial charge >= 0.3 is 0 Å². The summed E-state index contributed by atoms with van der Waals surface area (Å²) >= 11 is 0. The monoisotopic (exact) mass is 487 g/mol. The molecule has 27 heavy (non-hydrogen) atoms. The molecule has 2 rings (SSSR count). The number of benzene rings is 1. The van der Waals surface area contributed by atoms with E-state index in [-0.39, 0.29) is 41.9 Å². The molecule has 0 radical (unpaired) electrons. The van der Waals surface area contributed by atoms with E-state index in [1.165, 1.54) is 0 Å². The van der Waals surface area contributed by atoms with Crippen LogP contribution in [0.4, 0.5) is 0 Å². The van der Waals surface area contributed by atoms with E-state index in [9.17, 15) is 5.11 Å². The van der Waals surface area contributed by atoms with E-state index < -0.39 is 0 Å². The molecule has 0 saturated heterocycles. The molecular weight excluding hydrogens is 457 g/mol. The van der Waals surface area contributed by atoms with Crippen LogP contribution in [0, 0.1) is 0 Å². The molecule has 0 amide bonds. The second kappa shape index (κ2) is 11.2. The Kier molecular flexibility index (Phi) is 9.71. The predicted octanol–water partition coefficient (Wildman–Crippen LogP) is 2.82. The van der Waals surface area contributed by atoms with Crippen LogP contribution in [-0.2, 0) is 12.0 Å². The molecule has 1 aromatic heterocycles. The van der Waals surface area contributed by atoms with Crippen LogP contribution in [0.1, 0.15) is 50.9 Å². The average molecular weight is 487 g/mol. The summed E-state index contributed by atoms with van der Waals surface area (Å²) in [6.45, 7) is 9.78. The molecule has 150 valence electrons. The van der Waals surface area contributed by atoms with Crippen molar-refractivity contribution in [3.63, 3.8) is 0 Å². The lowest BCUT2D eigenvalue weighted by molar-refractivity contribution is 0.265. The van der Waals surface area contributed by atoms with Gasteiger partial charge in [0.2, 0.25) is 5.89 Å². The van der Waals surface area contributed by atoms with Crippen LogP contribution >= 0.6 is 24.0 Å². The maximum Gasteiger partial charge on any atom is 0.232 e. The fourth-order valence-electron chi connectivity index (χ4n) is 2.35. The Labute approximate surface area is 178 Å². The van der Waals surface area contributed by atoms with E-state index >= 15 is 0 Å². The molecular formula is C19H30IN5O2. The minimum absolute atomic E-state index is 0. The van der Waals surface area contributed by atoms with Crippen LogP contribution in [-0.4, -0.2) is 40.9 Å². The molecule has 0 spiro atoms. The average Bonchev–Trinajstić information content (AvgIpc) is 3.10. The highest BCUT2D eigenvalue weighted by molar-refractivity contribution is 14.0. The molecule has 1 unspecified atom stereocenters. The van der Waals surface area contributed by atoms with Crippen LogP contribution in [0.5, 0.6) is 0 Å². The first-order valence-electron chi connectivity index (χ1n) is 8.95. The third kappa shape index (κ3) is 7.45. The predicted molar refractivity (Wildman–Crippen MR) is 118 cm³/mol. The van der Waals surface area contributed by atoms with Gasteiger partial charge in [0.15, 0.2) is 11.8 Å². The van der Waals surface area contributed by atoms with E-state index in [0.717, 1.165) is 12.1 Å². The van der Waals surface area contributed by atoms with Crippen molar-refractivity contribution in [2.24, 2.45) is 4.99 Å². The fourth-order valence-corrected chi connectivity index (χ4v) is 2.35. The second-order valence-electron chi connectivity index (χ2n) is 7.13. The number of guanidine groups is 1. The van der Waals surface area contributed by atoms with Crippen molar-refractivity contribution in [2.45, 2.75) is 45.6 Å². The number of nitrogens with one attached hydrogen (secondary N) is 2. The maximum absolute atomic E-state index is 9.68. The SMILES string of the molecule is CCNC(=NCc1noc(C(C)(C)C)n1)NCC(CO)c1ccccc1.I. The normalized spacial score (nSPS) is 13.0. The molecule has 7 nitrogen and oxygen atoms in total. The number of halogens is 1. The standard InChI is InChI=1S/C19H29N5O2.HI/c1-5-20-18(21-11-15(13-25)14-9-7-6-8-10-14)22-12-16-23-17(26-24-16)19(2,3)4;/h6-10,15,25H,5,11-13H2,1-4H3,(H2,20,21,22);1H. The number of hydrogen-bond acceptors (Lipinski definition) is 5. The number of nitrogens with zero attached hydrogens (tertiary/aromatic N) is 3. The third-order valence-electron chi connectivity index (χ3n) is 3.84. The van der Waals surface area contributed by atoms with Gasteiger partial charge in [0.25, 0.3) is 0 Å². The van der Waals surface area contributed by atoms with Crippen LogP contribution < -0.4 is 10.6 Å². The molecule has 0 fully saturated rings. The minimum Gasteiger partial charge on any atom is -0.396 e. The zero-order valence-corrected chi connectivity index (χ0v) is 18.7. The van der Waals surface area contributed by atoms with Gasteiger partial charge in [-0.05, 0) is 12.5 Å². The molecule has 0 bridgehead atoms. The number of rotatable bonds is 7. The molecule has 0 saturated carbocycles. The minimum atomic E-state index is -0.179. The molecule has 3 N–H and O–H groups in total. The Hall–Kier alpha value is -1.68. The second-order valence-corrected chi connectivity index (χ2v) is 7.13. The van der Waals surface area contributed by atoms with Crippen LogP contribution in [0.25, 0.3) is 0 Å². The first kappa shape index (κ1) is 23.4. The highest BCUT2D eigenvalue weighted by atomic mass is 127. The lowest BCUT2D eigenvalue weighted by Gasteiger charge is -2.17. The first-order valence-corrected chi connectivity index (χ1v) is 8.95. The van der Waals surface area contributed by atoms with Gasteiger partial charge in [-0.1, -0.05) is 56.3 Å². The van der Waals surface area contributed by atoms with Crippen molar-refractivity contribution in [1.82, 2.24) is 20.8 Å². The number of hydrogen-bond donors (Lipinski definition) is 3. The summed E-state index contributed by atoms with van der Waals surface area (Å²) in [5, 5.41) is 20.1. The van der Waals surface area contributed by atoms with Crippen molar-refractivity contribution in [3.8, 4) is 0 Å². The van der Waals surface area contributed by atoms with E-state index in [1.807, 2.05) is 58.0 Å². The molecule has 0 aliphatic heterocycles. The molecule has 1 aromatic carbocycles. The van der Waals surface area contributed by atoms with Crippen molar-refractivity contribution in [1.29, 1.82) is 0 Å². The molecule has 0 aliphatic rings. The molecule has 2 aromatic rings. The molecule has 8 heteroatoms. The van der Waals surface area contributed by atoms with Crippen molar-refractivity contribution in [2.75, 3.05) is 19.7 Å². The van der Waals surface area contributed by atoms with Crippen LogP contribution in [0.15, 0.2) is 39.8 Å². The Morgan fingerprint density at radius 3 is 2.48 bits per heavy atom. The third-order valence-corrected chi connectivity index (χ3v) is 3.84. The first-order chi connectivity index (χ1) is 12.4. The summed E-state index contributed by atoms with van der Waals surface area (Å²) < 4.78 is 5.29. The van der Waals surface area contributed by atoms with Crippen LogP contribution in [0.2, 0.25) is 0 Å². The number of aromatic nitrogens is 2. The lowest BCUT2D eigenvalue weighted by Crippen LogP contribution is -2.40. The van der Waals surface area contributed by atoms with E-state index in [0.29, 0.717) is 30.8 Å². The zero-order valence-electron chi connectivity index (χ0n) is 16.4. The Morgan fingerprint density at radius 1 is 1.22 bits per heavy atom. The maximum atomic E-state index is 9.68. The largest absolute Gasteiger partial charge is 0.396 e. The molecule has 0 aliphatic carbocycles. The quantitative estimate of drug-likeness (QED) is 0.316. The Balaban J connectivity index is 0.00000364. The summed E-state index contributed by atoms with van der Waals surface area (Å²) in [6.07, 6.45) is 0. The number of aliphatic hydroxyl groups is 1. The van der Waals surface area contributed by atoms with Crippen molar-refractivity contribution in [3.05, 3.63) is 47.6 Å². The topological polar surface area (TPSA) is 95.6 Å². The van der Waals surface area contributed by atoms with Gasteiger partial charge in [0.05, 0.1) is 6.61 Å². The summed E-state index contributed by atoms with van der Waals surface area (Å²) in [7, 11) is 0. The van der Waals surface area contributed by atoms with Gasteiger partial charge in [0, 0.05) is 24.4 Å². The smallest absolute Gasteiger partial charge is 0.232 e. The number of aliphatic imine (C=N–C) groups is 1. The summed E-state index contributed by atoms with van der Waals surface area (Å²) in [5.41, 5.74) is 0.910. The van der Waals surface area contributed by atoms with Crippen LogP contribution in [0.3, 0.4) is 0 Å². The summed E-state index contributed by atoms with van der Waals surface area (Å²) in [4.78, 5) is 8.90. The lowest BCUT2D eigenvalue weighted by atomic mass is 9.97. The van der Waals surface area contributed by atoms with E-state index in [4.69, 9.17) is 4.52 Å². The Morgan fingerprint density at radius 2 is 1.93 bits per heavy atom.